The first kappa shape index (κ1) is 20.2. The summed E-state index contributed by atoms with van der Waals surface area (Å²) in [5.41, 5.74) is 7.83. The minimum absolute atomic E-state index is 0. The van der Waals surface area contributed by atoms with Crippen LogP contribution in [0, 0.1) is 0 Å². The third kappa shape index (κ3) is 4.73. The van der Waals surface area contributed by atoms with Crippen molar-refractivity contribution in [1.29, 1.82) is 0 Å². The minimum atomic E-state index is -0.371. The Bertz CT molecular complexity index is 639. The number of hydrogen-bond donors (Lipinski definition) is 1. The monoisotopic (exact) mass is 367 g/mol. The van der Waals surface area contributed by atoms with Crippen LogP contribution in [-0.2, 0) is 10.3 Å². The molecule has 26 heavy (non-hydrogen) atoms. The van der Waals surface area contributed by atoms with Crippen LogP contribution in [-0.4, -0.2) is 13.2 Å². The number of benzene rings is 3. The van der Waals surface area contributed by atoms with E-state index in [1.54, 1.807) is 0 Å². The molecular formula is C23H26ClNO. The highest BCUT2D eigenvalue weighted by molar-refractivity contribution is 5.45. The van der Waals surface area contributed by atoms with Gasteiger partial charge in [-0.3, -0.25) is 0 Å². The number of ether oxygens (including phenoxy) is 1. The van der Waals surface area contributed by atoms with Crippen LogP contribution in [0.1, 0.15) is 29.5 Å². The number of halogens is 1. The second-order valence-corrected chi connectivity index (χ2v) is 6.32. The molecule has 0 amide bonds. The fourth-order valence-electron chi connectivity index (χ4n) is 3.18. The van der Waals surface area contributed by atoms with Crippen molar-refractivity contribution in [2.45, 2.75) is 18.4 Å². The van der Waals surface area contributed by atoms with E-state index in [0.29, 0.717) is 0 Å². The minimum Gasteiger partial charge on any atom is -1.00 e. The normalized spacial score (nSPS) is 13.3. The van der Waals surface area contributed by atoms with E-state index in [2.05, 4.69) is 78.5 Å². The molecule has 1 aliphatic rings. The molecule has 3 N–H and O–H groups in total. The highest BCUT2D eigenvalue weighted by Gasteiger charge is 2.35. The van der Waals surface area contributed by atoms with Crippen molar-refractivity contribution in [3.8, 4) is 0 Å². The molecule has 136 valence electrons. The molecular weight excluding hydrogens is 342 g/mol. The van der Waals surface area contributed by atoms with Crippen LogP contribution in [0.5, 0.6) is 0 Å². The molecule has 1 aliphatic heterocycles. The Morgan fingerprint density at radius 2 is 0.885 bits per heavy atom. The smallest absolute Gasteiger partial charge is 0.172 e. The van der Waals surface area contributed by atoms with Gasteiger partial charge in [0.25, 0.3) is 0 Å². The topological polar surface area (TPSA) is 36.9 Å². The van der Waals surface area contributed by atoms with E-state index in [0.717, 1.165) is 13.2 Å². The van der Waals surface area contributed by atoms with Gasteiger partial charge in [0.15, 0.2) is 5.54 Å². The quantitative estimate of drug-likeness (QED) is 0.689. The predicted molar refractivity (Wildman–Crippen MR) is 102 cm³/mol. The van der Waals surface area contributed by atoms with Crippen LogP contribution in [0.4, 0.5) is 0 Å². The molecule has 2 nitrogen and oxygen atoms in total. The predicted octanol–water partition coefficient (Wildman–Crippen LogP) is 1.02. The molecule has 1 saturated heterocycles. The van der Waals surface area contributed by atoms with Crippen LogP contribution < -0.4 is 18.1 Å². The summed E-state index contributed by atoms with van der Waals surface area (Å²) in [7, 11) is 0. The zero-order chi connectivity index (χ0) is 17.4. The van der Waals surface area contributed by atoms with Gasteiger partial charge in [0.05, 0.1) is 0 Å². The Morgan fingerprint density at radius 1 is 0.577 bits per heavy atom. The molecule has 1 heterocycles. The van der Waals surface area contributed by atoms with Gasteiger partial charge < -0.3 is 22.9 Å². The zero-order valence-corrected chi connectivity index (χ0v) is 15.7. The van der Waals surface area contributed by atoms with Crippen molar-refractivity contribution in [1.82, 2.24) is 0 Å². The first-order valence-electron chi connectivity index (χ1n) is 8.91. The Kier molecular flexibility index (Phi) is 7.86. The lowest BCUT2D eigenvalue weighted by Crippen LogP contribution is -3.00. The van der Waals surface area contributed by atoms with E-state index in [1.165, 1.54) is 29.5 Å². The fraction of sp³-hybridized carbons (Fsp3) is 0.217. The average molecular weight is 368 g/mol. The van der Waals surface area contributed by atoms with Crippen LogP contribution in [0.15, 0.2) is 91.0 Å². The van der Waals surface area contributed by atoms with Crippen LogP contribution in [0.2, 0.25) is 0 Å². The molecule has 1 fully saturated rings. The van der Waals surface area contributed by atoms with E-state index < -0.39 is 0 Å². The summed E-state index contributed by atoms with van der Waals surface area (Å²) in [6.07, 6.45) is 2.56. The summed E-state index contributed by atoms with van der Waals surface area (Å²) >= 11 is 0. The van der Waals surface area contributed by atoms with Gasteiger partial charge in [0.1, 0.15) is 0 Å². The third-order valence-electron chi connectivity index (χ3n) is 4.63. The lowest BCUT2D eigenvalue weighted by Gasteiger charge is -2.27. The summed E-state index contributed by atoms with van der Waals surface area (Å²) in [6.45, 7) is 2.00. The van der Waals surface area contributed by atoms with Crippen LogP contribution in [0.25, 0.3) is 0 Å². The summed E-state index contributed by atoms with van der Waals surface area (Å²) in [5, 5.41) is 0. The molecule has 0 saturated carbocycles. The van der Waals surface area contributed by atoms with E-state index in [1.807, 2.05) is 18.2 Å². The van der Waals surface area contributed by atoms with Crippen molar-refractivity contribution >= 4 is 0 Å². The average Bonchev–Trinajstić information content (AvgIpc) is 3.30. The van der Waals surface area contributed by atoms with Crippen LogP contribution in [0.3, 0.4) is 0 Å². The maximum absolute atomic E-state index is 4.94. The van der Waals surface area contributed by atoms with Gasteiger partial charge in [0.2, 0.25) is 0 Å². The van der Waals surface area contributed by atoms with Gasteiger partial charge in [0, 0.05) is 29.9 Å². The third-order valence-corrected chi connectivity index (χ3v) is 4.63. The van der Waals surface area contributed by atoms with Gasteiger partial charge in [-0.25, -0.2) is 0 Å². The molecule has 0 atom stereocenters. The number of quaternary nitrogens is 1. The zero-order valence-electron chi connectivity index (χ0n) is 15.0. The van der Waals surface area contributed by atoms with E-state index in [4.69, 9.17) is 4.74 Å². The van der Waals surface area contributed by atoms with Gasteiger partial charge >= 0.3 is 0 Å². The highest BCUT2D eigenvalue weighted by atomic mass is 35.5. The molecule has 0 spiro atoms. The Labute approximate surface area is 162 Å². The van der Waals surface area contributed by atoms with Crippen LogP contribution >= 0.6 is 0 Å². The Balaban J connectivity index is 0.000000351. The summed E-state index contributed by atoms with van der Waals surface area (Å²) in [6, 6.07) is 31.4. The lowest BCUT2D eigenvalue weighted by molar-refractivity contribution is -0.455. The molecule has 0 aromatic heterocycles. The van der Waals surface area contributed by atoms with Gasteiger partial charge in [-0.2, -0.15) is 0 Å². The molecule has 3 aromatic rings. The lowest BCUT2D eigenvalue weighted by atomic mass is 9.78. The van der Waals surface area contributed by atoms with Crippen molar-refractivity contribution in [2.75, 3.05) is 13.2 Å². The molecule has 4 rings (SSSR count). The highest BCUT2D eigenvalue weighted by Crippen LogP contribution is 2.31. The second-order valence-electron chi connectivity index (χ2n) is 6.32. The molecule has 0 radical (unpaired) electrons. The Hall–Kier alpha value is -2.13. The molecule has 3 heteroatoms. The largest absolute Gasteiger partial charge is 1.00 e. The van der Waals surface area contributed by atoms with Crippen molar-refractivity contribution < 1.29 is 22.9 Å². The molecule has 3 aromatic carbocycles. The standard InChI is InChI=1S/C19H17N.C4H8O.ClH/c20-19(16-10-4-1-5-11-16,17-12-6-2-7-13-17)18-14-8-3-9-15-18;1-2-4-5-3-1;/h1-15H,20H2;1-4H2;1H. The van der Waals surface area contributed by atoms with Crippen molar-refractivity contribution in [3.63, 3.8) is 0 Å². The number of rotatable bonds is 3. The maximum atomic E-state index is 4.94. The van der Waals surface area contributed by atoms with Crippen molar-refractivity contribution in [3.05, 3.63) is 108 Å². The first-order chi connectivity index (χ1) is 12.3. The SMILES string of the molecule is C1CCOC1.[Cl-].[NH3+]C(c1ccccc1)(c1ccccc1)c1ccccc1. The van der Waals surface area contributed by atoms with Gasteiger partial charge in [-0.05, 0) is 12.8 Å². The van der Waals surface area contributed by atoms with E-state index in [9.17, 15) is 0 Å². The summed E-state index contributed by atoms with van der Waals surface area (Å²) in [4.78, 5) is 0. The van der Waals surface area contributed by atoms with Crippen molar-refractivity contribution in [2.24, 2.45) is 0 Å². The van der Waals surface area contributed by atoms with E-state index >= 15 is 0 Å². The molecule has 0 unspecified atom stereocenters. The van der Waals surface area contributed by atoms with Gasteiger partial charge in [-0.1, -0.05) is 91.0 Å². The summed E-state index contributed by atoms with van der Waals surface area (Å²) < 4.78 is 4.94. The molecule has 0 bridgehead atoms. The van der Waals surface area contributed by atoms with E-state index in [-0.39, 0.29) is 17.9 Å². The first-order valence-corrected chi connectivity index (χ1v) is 8.91. The molecule has 0 aliphatic carbocycles. The summed E-state index contributed by atoms with van der Waals surface area (Å²) in [5.74, 6) is 0. The number of hydrogen-bond acceptors (Lipinski definition) is 1. The second kappa shape index (κ2) is 10.1. The maximum Gasteiger partial charge on any atom is 0.172 e. The fourth-order valence-corrected chi connectivity index (χ4v) is 3.18. The Morgan fingerprint density at radius 3 is 1.12 bits per heavy atom. The van der Waals surface area contributed by atoms with Gasteiger partial charge in [-0.15, -0.1) is 0 Å².